The molecule has 0 aromatic rings. The molecule has 2 unspecified atom stereocenters. The highest BCUT2D eigenvalue weighted by molar-refractivity contribution is 5.18. The molecule has 0 aromatic carbocycles. The highest BCUT2D eigenvalue weighted by Gasteiger charge is 2.52. The lowest BCUT2D eigenvalue weighted by Gasteiger charge is -1.96. The first-order valence-electron chi connectivity index (χ1n) is 3.17. The quantitative estimate of drug-likeness (QED) is 0.431. The second kappa shape index (κ2) is 0.888. The van der Waals surface area contributed by atoms with Crippen molar-refractivity contribution >= 4 is 0 Å². The van der Waals surface area contributed by atoms with Crippen LogP contribution in [0.3, 0.4) is 0 Å². The summed E-state index contributed by atoms with van der Waals surface area (Å²) in [4.78, 5) is 0. The van der Waals surface area contributed by atoms with Gasteiger partial charge in [-0.3, -0.25) is 0 Å². The summed E-state index contributed by atoms with van der Waals surface area (Å²) >= 11 is 0. The van der Waals surface area contributed by atoms with Crippen LogP contribution < -0.4 is 0 Å². The van der Waals surface area contributed by atoms with Gasteiger partial charge in [0.2, 0.25) is 0 Å². The van der Waals surface area contributed by atoms with E-state index in [-0.39, 0.29) is 0 Å². The van der Waals surface area contributed by atoms with Gasteiger partial charge in [0.05, 0.1) is 0 Å². The zero-order valence-electron chi connectivity index (χ0n) is 4.78. The Labute approximate surface area is 44.9 Å². The van der Waals surface area contributed by atoms with Gasteiger partial charge in [0.15, 0.2) is 0 Å². The van der Waals surface area contributed by atoms with Gasteiger partial charge in [0, 0.05) is 0 Å². The molecule has 0 aromatic heterocycles. The smallest absolute Gasteiger partial charge is 0.0260 e. The first-order valence-corrected chi connectivity index (χ1v) is 3.17. The summed E-state index contributed by atoms with van der Waals surface area (Å²) in [6.45, 7) is 2.38. The van der Waals surface area contributed by atoms with Gasteiger partial charge in [-0.25, -0.2) is 0 Å². The lowest BCUT2D eigenvalue weighted by atomic mass is 10.1. The summed E-state index contributed by atoms with van der Waals surface area (Å²) in [7, 11) is 0. The minimum atomic E-state index is 0.736. The molecule has 0 amide bonds. The molecule has 0 N–H and O–H groups in total. The Bertz CT molecular complexity index is 94.2. The standard InChI is InChI=1S/C7H11/c1-7-4-2-3-6(7)5-7/h5-6H,2-4H2,1H3. The van der Waals surface area contributed by atoms with Crippen LogP contribution in [0.1, 0.15) is 26.2 Å². The zero-order valence-corrected chi connectivity index (χ0v) is 4.78. The first-order chi connectivity index (χ1) is 3.31. The molecule has 0 aliphatic heterocycles. The summed E-state index contributed by atoms with van der Waals surface area (Å²) in [5.74, 6) is 1.03. The molecular formula is C7H11. The molecule has 2 atom stereocenters. The van der Waals surface area contributed by atoms with E-state index in [0.717, 1.165) is 11.3 Å². The van der Waals surface area contributed by atoms with Crippen molar-refractivity contribution in [2.45, 2.75) is 26.2 Å². The maximum absolute atomic E-state index is 2.50. The molecule has 7 heavy (non-hydrogen) atoms. The van der Waals surface area contributed by atoms with Crippen LogP contribution in [-0.2, 0) is 0 Å². The molecule has 0 nitrogen and oxygen atoms in total. The third kappa shape index (κ3) is 0.375. The predicted octanol–water partition coefficient (Wildman–Crippen LogP) is 2.01. The van der Waals surface area contributed by atoms with Crippen LogP contribution >= 0.6 is 0 Å². The van der Waals surface area contributed by atoms with Crippen LogP contribution in [0.4, 0.5) is 0 Å². The Hall–Kier alpha value is 0. The van der Waals surface area contributed by atoms with Gasteiger partial charge in [-0.05, 0) is 30.6 Å². The maximum Gasteiger partial charge on any atom is -0.0260 e. The van der Waals surface area contributed by atoms with Gasteiger partial charge in [0.25, 0.3) is 0 Å². The van der Waals surface area contributed by atoms with Crippen LogP contribution in [0, 0.1) is 17.8 Å². The van der Waals surface area contributed by atoms with Crippen LogP contribution in [0.5, 0.6) is 0 Å². The first kappa shape index (κ1) is 3.94. The van der Waals surface area contributed by atoms with Gasteiger partial charge in [0.1, 0.15) is 0 Å². The highest BCUT2D eigenvalue weighted by Crippen LogP contribution is 2.61. The fraction of sp³-hybridized carbons (Fsp3) is 0.857. The van der Waals surface area contributed by atoms with Crippen molar-refractivity contribution in [3.8, 4) is 0 Å². The number of hydrogen-bond donors (Lipinski definition) is 0. The summed E-state index contributed by atoms with van der Waals surface area (Å²) < 4.78 is 0. The normalized spacial score (nSPS) is 57.0. The molecule has 2 aliphatic carbocycles. The van der Waals surface area contributed by atoms with E-state index in [4.69, 9.17) is 0 Å². The van der Waals surface area contributed by atoms with Crippen molar-refractivity contribution in [2.75, 3.05) is 0 Å². The summed E-state index contributed by atoms with van der Waals surface area (Å²) in [6, 6.07) is 0. The second-order valence-electron chi connectivity index (χ2n) is 3.17. The third-order valence-electron chi connectivity index (χ3n) is 2.55. The fourth-order valence-corrected chi connectivity index (χ4v) is 1.80. The summed E-state index contributed by atoms with van der Waals surface area (Å²) in [6.07, 6.45) is 6.93. The van der Waals surface area contributed by atoms with E-state index in [1.54, 1.807) is 0 Å². The van der Waals surface area contributed by atoms with Crippen molar-refractivity contribution in [3.05, 3.63) is 6.42 Å². The number of hydrogen-bond acceptors (Lipinski definition) is 0. The molecule has 1 radical (unpaired) electrons. The molecule has 2 fully saturated rings. The van der Waals surface area contributed by atoms with E-state index in [1.807, 2.05) is 0 Å². The monoisotopic (exact) mass is 95.1 g/mol. The van der Waals surface area contributed by atoms with E-state index in [1.165, 1.54) is 19.3 Å². The van der Waals surface area contributed by atoms with Gasteiger partial charge >= 0.3 is 0 Å². The van der Waals surface area contributed by atoms with Crippen LogP contribution in [0.15, 0.2) is 0 Å². The summed E-state index contributed by atoms with van der Waals surface area (Å²) in [5, 5.41) is 0. The van der Waals surface area contributed by atoms with Crippen LogP contribution in [0.25, 0.3) is 0 Å². The average molecular weight is 95.2 g/mol. The Morgan fingerprint density at radius 3 is 2.71 bits per heavy atom. The molecular weight excluding hydrogens is 84.1 g/mol. The molecule has 0 heteroatoms. The maximum atomic E-state index is 2.50. The predicted molar refractivity (Wildman–Crippen MR) is 29.7 cm³/mol. The van der Waals surface area contributed by atoms with E-state index in [2.05, 4.69) is 13.3 Å². The second-order valence-corrected chi connectivity index (χ2v) is 3.17. The van der Waals surface area contributed by atoms with Crippen molar-refractivity contribution < 1.29 is 0 Å². The summed E-state index contributed by atoms with van der Waals surface area (Å²) in [5.41, 5.74) is 0.736. The molecule has 0 saturated heterocycles. The van der Waals surface area contributed by atoms with Gasteiger partial charge in [-0.1, -0.05) is 13.3 Å². The number of rotatable bonds is 0. The topological polar surface area (TPSA) is 0 Å². The van der Waals surface area contributed by atoms with Crippen molar-refractivity contribution in [1.82, 2.24) is 0 Å². The van der Waals surface area contributed by atoms with E-state index in [0.29, 0.717) is 0 Å². The molecule has 0 heterocycles. The average Bonchev–Trinajstić information content (AvgIpc) is 2.09. The molecule has 2 rings (SSSR count). The highest BCUT2D eigenvalue weighted by atomic mass is 14.6. The Kier molecular flexibility index (Phi) is 0.499. The largest absolute Gasteiger partial charge is 0.0591 e. The lowest BCUT2D eigenvalue weighted by molar-refractivity contribution is 0.569. The van der Waals surface area contributed by atoms with Gasteiger partial charge in [-0.15, -0.1) is 0 Å². The Morgan fingerprint density at radius 2 is 2.57 bits per heavy atom. The molecule has 2 aliphatic rings. The van der Waals surface area contributed by atoms with E-state index < -0.39 is 0 Å². The SMILES string of the molecule is CC12[CH]C1CCC2. The Balaban J connectivity index is 2.17. The fourth-order valence-electron chi connectivity index (χ4n) is 1.80. The van der Waals surface area contributed by atoms with Gasteiger partial charge < -0.3 is 0 Å². The van der Waals surface area contributed by atoms with E-state index >= 15 is 0 Å². The van der Waals surface area contributed by atoms with Crippen LogP contribution in [0.2, 0.25) is 0 Å². The minimum absolute atomic E-state index is 0.736. The van der Waals surface area contributed by atoms with Crippen LogP contribution in [-0.4, -0.2) is 0 Å². The Morgan fingerprint density at radius 1 is 1.71 bits per heavy atom. The third-order valence-corrected chi connectivity index (χ3v) is 2.55. The molecule has 0 spiro atoms. The van der Waals surface area contributed by atoms with Crippen molar-refractivity contribution in [2.24, 2.45) is 11.3 Å². The number of fused-ring (bicyclic) bond motifs is 1. The lowest BCUT2D eigenvalue weighted by Crippen LogP contribution is -1.86. The minimum Gasteiger partial charge on any atom is -0.0591 e. The van der Waals surface area contributed by atoms with E-state index in [9.17, 15) is 0 Å². The van der Waals surface area contributed by atoms with Crippen molar-refractivity contribution in [3.63, 3.8) is 0 Å². The molecule has 0 bridgehead atoms. The molecule has 39 valence electrons. The van der Waals surface area contributed by atoms with Crippen molar-refractivity contribution in [1.29, 1.82) is 0 Å². The zero-order chi connectivity index (χ0) is 4.91. The van der Waals surface area contributed by atoms with Gasteiger partial charge in [-0.2, -0.15) is 0 Å². The molecule has 2 saturated carbocycles.